The lowest BCUT2D eigenvalue weighted by molar-refractivity contribution is 0.0958. The molecule has 0 bridgehead atoms. The fourth-order valence-corrected chi connectivity index (χ4v) is 1.84. The van der Waals surface area contributed by atoms with Gasteiger partial charge in [-0.3, -0.25) is 4.79 Å². The zero-order chi connectivity index (χ0) is 14.4. The summed E-state index contributed by atoms with van der Waals surface area (Å²) >= 11 is 11.7. The number of nitrogens with one attached hydrogen (secondary N) is 1. The van der Waals surface area contributed by atoms with Gasteiger partial charge in [-0.05, 0) is 36.4 Å². The summed E-state index contributed by atoms with van der Waals surface area (Å²) in [4.78, 5) is 11.8. The van der Waals surface area contributed by atoms with E-state index in [9.17, 15) is 4.79 Å². The zero-order valence-corrected chi connectivity index (χ0v) is 12.0. The van der Waals surface area contributed by atoms with Crippen LogP contribution in [0.1, 0.15) is 15.9 Å². The minimum Gasteiger partial charge on any atom is -0.341 e. The lowest BCUT2D eigenvalue weighted by atomic mass is 10.2. The van der Waals surface area contributed by atoms with Crippen molar-refractivity contribution in [3.05, 3.63) is 69.7 Å². The molecule has 0 radical (unpaired) electrons. The molecule has 2 rings (SSSR count). The zero-order valence-electron chi connectivity index (χ0n) is 10.5. The van der Waals surface area contributed by atoms with Gasteiger partial charge in [0.25, 0.3) is 5.91 Å². The van der Waals surface area contributed by atoms with E-state index < -0.39 is 0 Å². The highest BCUT2D eigenvalue weighted by Gasteiger charge is 2.02. The second-order valence-corrected chi connectivity index (χ2v) is 4.81. The number of rotatable bonds is 2. The summed E-state index contributed by atoms with van der Waals surface area (Å²) in [6, 6.07) is 14.0. The summed E-state index contributed by atoms with van der Waals surface area (Å²) in [5, 5.41) is 3.91. The molecular weight excluding hydrogens is 293 g/mol. The smallest absolute Gasteiger partial charge is 0.252 e. The molecule has 0 atom stereocenters. The Bertz CT molecular complexity index is 669. The first-order valence-electron chi connectivity index (χ1n) is 5.94. The molecule has 0 aromatic heterocycles. The van der Waals surface area contributed by atoms with Crippen LogP contribution in [0, 0.1) is 11.8 Å². The number of hydrogen-bond donors (Lipinski definition) is 1. The maximum Gasteiger partial charge on any atom is 0.252 e. The molecule has 2 nitrogen and oxygen atoms in total. The van der Waals surface area contributed by atoms with Crippen LogP contribution in [0.4, 0.5) is 0 Å². The molecule has 1 amide bonds. The molecule has 4 heteroatoms. The SMILES string of the molecule is O=C(NCC#Cc1ccccc1Cl)c1ccc(Cl)cc1. The first-order valence-corrected chi connectivity index (χ1v) is 6.69. The molecular formula is C16H11Cl2NO. The monoisotopic (exact) mass is 303 g/mol. The van der Waals surface area contributed by atoms with E-state index in [1.807, 2.05) is 18.2 Å². The molecule has 2 aromatic carbocycles. The second-order valence-electron chi connectivity index (χ2n) is 3.97. The maximum absolute atomic E-state index is 11.8. The maximum atomic E-state index is 11.8. The van der Waals surface area contributed by atoms with E-state index in [0.29, 0.717) is 15.6 Å². The van der Waals surface area contributed by atoms with Crippen LogP contribution in [-0.4, -0.2) is 12.5 Å². The highest BCUT2D eigenvalue weighted by molar-refractivity contribution is 6.31. The van der Waals surface area contributed by atoms with E-state index in [1.54, 1.807) is 30.3 Å². The van der Waals surface area contributed by atoms with E-state index in [2.05, 4.69) is 17.2 Å². The van der Waals surface area contributed by atoms with E-state index in [4.69, 9.17) is 23.2 Å². The summed E-state index contributed by atoms with van der Waals surface area (Å²) in [6.45, 7) is 0.257. The average molecular weight is 304 g/mol. The molecule has 0 unspecified atom stereocenters. The Kier molecular flexibility index (Phi) is 5.06. The Labute approximate surface area is 127 Å². The van der Waals surface area contributed by atoms with Gasteiger partial charge >= 0.3 is 0 Å². The molecule has 0 fully saturated rings. The average Bonchev–Trinajstić information content (AvgIpc) is 2.46. The number of amides is 1. The third kappa shape index (κ3) is 4.03. The Morgan fingerprint density at radius 3 is 2.45 bits per heavy atom. The quantitative estimate of drug-likeness (QED) is 0.841. The highest BCUT2D eigenvalue weighted by atomic mass is 35.5. The molecule has 20 heavy (non-hydrogen) atoms. The van der Waals surface area contributed by atoms with Crippen molar-refractivity contribution in [3.63, 3.8) is 0 Å². The fraction of sp³-hybridized carbons (Fsp3) is 0.0625. The van der Waals surface area contributed by atoms with Gasteiger partial charge in [-0.1, -0.05) is 47.2 Å². The number of benzene rings is 2. The first-order chi connectivity index (χ1) is 9.66. The molecule has 0 spiro atoms. The first kappa shape index (κ1) is 14.5. The van der Waals surface area contributed by atoms with Crippen LogP contribution >= 0.6 is 23.2 Å². The summed E-state index contributed by atoms with van der Waals surface area (Å²) in [7, 11) is 0. The fourth-order valence-electron chi connectivity index (χ4n) is 1.53. The van der Waals surface area contributed by atoms with Crippen LogP contribution in [0.2, 0.25) is 10.0 Å². The topological polar surface area (TPSA) is 29.1 Å². The molecule has 2 aromatic rings. The van der Waals surface area contributed by atoms with Crippen molar-refractivity contribution in [2.24, 2.45) is 0 Å². The van der Waals surface area contributed by atoms with Gasteiger partial charge in [0.15, 0.2) is 0 Å². The number of halogens is 2. The van der Waals surface area contributed by atoms with Crippen molar-refractivity contribution in [2.45, 2.75) is 0 Å². The van der Waals surface area contributed by atoms with Gasteiger partial charge in [0.05, 0.1) is 11.6 Å². The van der Waals surface area contributed by atoms with Crippen molar-refractivity contribution >= 4 is 29.1 Å². The van der Waals surface area contributed by atoms with Gasteiger partial charge in [0.2, 0.25) is 0 Å². The molecule has 0 aliphatic rings. The summed E-state index contributed by atoms with van der Waals surface area (Å²) < 4.78 is 0. The van der Waals surface area contributed by atoms with E-state index in [0.717, 1.165) is 5.56 Å². The van der Waals surface area contributed by atoms with Crippen LogP contribution in [0.5, 0.6) is 0 Å². The molecule has 0 saturated heterocycles. The summed E-state index contributed by atoms with van der Waals surface area (Å²) in [5.41, 5.74) is 1.30. The van der Waals surface area contributed by atoms with Crippen molar-refractivity contribution in [2.75, 3.05) is 6.54 Å². The summed E-state index contributed by atoms with van der Waals surface area (Å²) in [5.74, 6) is 5.59. The van der Waals surface area contributed by atoms with Crippen LogP contribution < -0.4 is 5.32 Å². The molecule has 0 aliphatic carbocycles. The third-order valence-corrected chi connectivity index (χ3v) is 3.12. The number of hydrogen-bond acceptors (Lipinski definition) is 1. The van der Waals surface area contributed by atoms with Gasteiger partial charge in [-0.2, -0.15) is 0 Å². The van der Waals surface area contributed by atoms with Crippen LogP contribution in [0.3, 0.4) is 0 Å². The minimum absolute atomic E-state index is 0.185. The predicted molar refractivity (Wildman–Crippen MR) is 82.1 cm³/mol. The lowest BCUT2D eigenvalue weighted by Gasteiger charge is -2.01. The minimum atomic E-state index is -0.185. The molecule has 0 saturated carbocycles. The van der Waals surface area contributed by atoms with Crippen molar-refractivity contribution < 1.29 is 4.79 Å². The number of carbonyl (C=O) groups is 1. The van der Waals surface area contributed by atoms with E-state index in [1.165, 1.54) is 0 Å². The third-order valence-electron chi connectivity index (χ3n) is 2.54. The number of carbonyl (C=O) groups excluding carboxylic acids is 1. The lowest BCUT2D eigenvalue weighted by Crippen LogP contribution is -2.23. The van der Waals surface area contributed by atoms with Crippen LogP contribution in [0.15, 0.2) is 48.5 Å². The Balaban J connectivity index is 1.92. The van der Waals surface area contributed by atoms with Crippen molar-refractivity contribution in [3.8, 4) is 11.8 Å². The second kappa shape index (κ2) is 7.00. The Morgan fingerprint density at radius 2 is 1.75 bits per heavy atom. The predicted octanol–water partition coefficient (Wildman–Crippen LogP) is 3.77. The van der Waals surface area contributed by atoms with Crippen LogP contribution in [0.25, 0.3) is 0 Å². The van der Waals surface area contributed by atoms with Gasteiger partial charge in [0.1, 0.15) is 0 Å². The van der Waals surface area contributed by atoms with Gasteiger partial charge in [-0.15, -0.1) is 0 Å². The Morgan fingerprint density at radius 1 is 1.05 bits per heavy atom. The van der Waals surface area contributed by atoms with Gasteiger partial charge < -0.3 is 5.32 Å². The van der Waals surface area contributed by atoms with Crippen molar-refractivity contribution in [1.29, 1.82) is 0 Å². The molecule has 100 valence electrons. The molecule has 0 aliphatic heterocycles. The summed E-state index contributed by atoms with van der Waals surface area (Å²) in [6.07, 6.45) is 0. The van der Waals surface area contributed by atoms with E-state index >= 15 is 0 Å². The van der Waals surface area contributed by atoms with Crippen molar-refractivity contribution in [1.82, 2.24) is 5.32 Å². The van der Waals surface area contributed by atoms with Crippen LogP contribution in [-0.2, 0) is 0 Å². The standard InChI is InChI=1S/C16H11Cl2NO/c17-14-9-7-13(8-10-14)16(20)19-11-3-5-12-4-1-2-6-15(12)18/h1-2,4,6-10H,11H2,(H,19,20). The Hall–Kier alpha value is -1.95. The highest BCUT2D eigenvalue weighted by Crippen LogP contribution is 2.12. The molecule has 1 N–H and O–H groups in total. The van der Waals surface area contributed by atoms with E-state index in [-0.39, 0.29) is 12.5 Å². The van der Waals surface area contributed by atoms with Gasteiger partial charge in [0, 0.05) is 16.1 Å². The largest absolute Gasteiger partial charge is 0.341 e. The normalized spacial score (nSPS) is 9.50. The van der Waals surface area contributed by atoms with Gasteiger partial charge in [-0.25, -0.2) is 0 Å². The molecule has 0 heterocycles.